The molecule has 0 heterocycles. The lowest BCUT2D eigenvalue weighted by Gasteiger charge is -2.12. The van der Waals surface area contributed by atoms with Gasteiger partial charge in [0.2, 0.25) is 0 Å². The number of hydrogen-bond acceptors (Lipinski definition) is 3. The average molecular weight is 250 g/mol. The van der Waals surface area contributed by atoms with Gasteiger partial charge in [-0.2, -0.15) is 0 Å². The number of aliphatic hydroxyl groups is 1. The molecule has 1 unspecified atom stereocenters. The Bertz CT molecular complexity index is 378. The summed E-state index contributed by atoms with van der Waals surface area (Å²) in [4.78, 5) is 11.3. The Morgan fingerprint density at radius 2 is 1.89 bits per heavy atom. The van der Waals surface area contributed by atoms with Crippen LogP contribution in [-0.4, -0.2) is 17.7 Å². The van der Waals surface area contributed by atoms with Crippen molar-refractivity contribution in [2.75, 3.05) is 6.61 Å². The standard InChI is InChI=1S/C15H22O3/c1-4-7-18-15(17)6-5-14(16)13-9-11(2)8-12(3)10-13/h8-10,14,16H,4-7H2,1-3H3. The first-order valence-corrected chi connectivity index (χ1v) is 6.44. The zero-order chi connectivity index (χ0) is 13.5. The molecule has 0 saturated carbocycles. The number of rotatable bonds is 6. The largest absolute Gasteiger partial charge is 0.466 e. The monoisotopic (exact) mass is 250 g/mol. The summed E-state index contributed by atoms with van der Waals surface area (Å²) >= 11 is 0. The zero-order valence-corrected chi connectivity index (χ0v) is 11.4. The van der Waals surface area contributed by atoms with Crippen LogP contribution in [0.5, 0.6) is 0 Å². The van der Waals surface area contributed by atoms with Gasteiger partial charge in [-0.15, -0.1) is 0 Å². The summed E-state index contributed by atoms with van der Waals surface area (Å²) in [5.41, 5.74) is 3.12. The summed E-state index contributed by atoms with van der Waals surface area (Å²) in [7, 11) is 0. The third kappa shape index (κ3) is 4.88. The lowest BCUT2D eigenvalue weighted by molar-refractivity contribution is -0.144. The Morgan fingerprint density at radius 3 is 2.44 bits per heavy atom. The fraction of sp³-hybridized carbons (Fsp3) is 0.533. The molecular formula is C15H22O3. The van der Waals surface area contributed by atoms with Gasteiger partial charge in [-0.25, -0.2) is 0 Å². The van der Waals surface area contributed by atoms with E-state index in [9.17, 15) is 9.90 Å². The smallest absolute Gasteiger partial charge is 0.305 e. The molecule has 0 aromatic heterocycles. The van der Waals surface area contributed by atoms with E-state index in [0.29, 0.717) is 13.0 Å². The van der Waals surface area contributed by atoms with Crippen LogP contribution < -0.4 is 0 Å². The van der Waals surface area contributed by atoms with Crippen LogP contribution in [0.3, 0.4) is 0 Å². The minimum atomic E-state index is -0.599. The van der Waals surface area contributed by atoms with E-state index in [0.717, 1.165) is 23.1 Å². The summed E-state index contributed by atoms with van der Waals surface area (Å²) < 4.78 is 4.97. The molecule has 3 heteroatoms. The van der Waals surface area contributed by atoms with Crippen LogP contribution in [0.2, 0.25) is 0 Å². The van der Waals surface area contributed by atoms with Crippen molar-refractivity contribution in [3.8, 4) is 0 Å². The van der Waals surface area contributed by atoms with E-state index in [-0.39, 0.29) is 12.4 Å². The second kappa shape index (κ2) is 7.17. The molecule has 18 heavy (non-hydrogen) atoms. The van der Waals surface area contributed by atoms with Crippen LogP contribution in [0.15, 0.2) is 18.2 Å². The molecule has 0 spiro atoms. The molecule has 3 nitrogen and oxygen atoms in total. The van der Waals surface area contributed by atoms with Crippen molar-refractivity contribution in [2.24, 2.45) is 0 Å². The van der Waals surface area contributed by atoms with Crippen LogP contribution in [0.25, 0.3) is 0 Å². The van der Waals surface area contributed by atoms with E-state index in [4.69, 9.17) is 4.74 Å². The summed E-state index contributed by atoms with van der Waals surface area (Å²) in [5, 5.41) is 10.0. The molecule has 1 aromatic rings. The molecule has 1 aromatic carbocycles. The number of esters is 1. The van der Waals surface area contributed by atoms with Crippen LogP contribution in [0, 0.1) is 13.8 Å². The van der Waals surface area contributed by atoms with Gasteiger partial charge in [-0.1, -0.05) is 36.2 Å². The van der Waals surface area contributed by atoms with Gasteiger partial charge in [0.05, 0.1) is 12.7 Å². The normalized spacial score (nSPS) is 12.2. The molecule has 1 N–H and O–H groups in total. The number of carbonyl (C=O) groups excluding carboxylic acids is 1. The SMILES string of the molecule is CCCOC(=O)CCC(O)c1cc(C)cc(C)c1. The maximum absolute atomic E-state index is 11.3. The number of ether oxygens (including phenoxy) is 1. The molecule has 0 radical (unpaired) electrons. The molecule has 0 bridgehead atoms. The summed E-state index contributed by atoms with van der Waals surface area (Å²) in [5.74, 6) is -0.236. The second-order valence-electron chi connectivity index (χ2n) is 4.70. The van der Waals surface area contributed by atoms with Crippen molar-refractivity contribution in [1.29, 1.82) is 0 Å². The molecule has 0 saturated heterocycles. The molecule has 0 aliphatic rings. The molecular weight excluding hydrogens is 228 g/mol. The highest BCUT2D eigenvalue weighted by Gasteiger charge is 2.11. The predicted molar refractivity (Wildman–Crippen MR) is 71.4 cm³/mol. The Morgan fingerprint density at radius 1 is 1.28 bits per heavy atom. The zero-order valence-electron chi connectivity index (χ0n) is 11.4. The molecule has 1 rings (SSSR count). The van der Waals surface area contributed by atoms with Crippen LogP contribution in [0.1, 0.15) is 49.0 Å². The number of benzene rings is 1. The van der Waals surface area contributed by atoms with Crippen molar-refractivity contribution in [3.05, 3.63) is 34.9 Å². The number of aryl methyl sites for hydroxylation is 2. The highest BCUT2D eigenvalue weighted by atomic mass is 16.5. The number of aliphatic hydroxyl groups excluding tert-OH is 1. The Balaban J connectivity index is 2.49. The van der Waals surface area contributed by atoms with Crippen LogP contribution in [-0.2, 0) is 9.53 Å². The lowest BCUT2D eigenvalue weighted by Crippen LogP contribution is -2.08. The quantitative estimate of drug-likeness (QED) is 0.789. The van der Waals surface area contributed by atoms with Gasteiger partial charge in [-0.3, -0.25) is 4.79 Å². The molecule has 0 aliphatic carbocycles. The number of carbonyl (C=O) groups is 1. The fourth-order valence-electron chi connectivity index (χ4n) is 1.91. The second-order valence-corrected chi connectivity index (χ2v) is 4.70. The fourth-order valence-corrected chi connectivity index (χ4v) is 1.91. The van der Waals surface area contributed by atoms with E-state index < -0.39 is 6.10 Å². The highest BCUT2D eigenvalue weighted by Crippen LogP contribution is 2.21. The van der Waals surface area contributed by atoms with Crippen molar-refractivity contribution in [2.45, 2.75) is 46.1 Å². The van der Waals surface area contributed by atoms with E-state index in [1.54, 1.807) is 0 Å². The van der Waals surface area contributed by atoms with Crippen molar-refractivity contribution >= 4 is 5.97 Å². The Kier molecular flexibility index (Phi) is 5.86. The van der Waals surface area contributed by atoms with E-state index in [1.807, 2.05) is 32.9 Å². The highest BCUT2D eigenvalue weighted by molar-refractivity contribution is 5.69. The molecule has 0 aliphatic heterocycles. The molecule has 0 fully saturated rings. The topological polar surface area (TPSA) is 46.5 Å². The van der Waals surface area contributed by atoms with E-state index in [1.165, 1.54) is 0 Å². The summed E-state index contributed by atoms with van der Waals surface area (Å²) in [6.07, 6.45) is 0.892. The summed E-state index contributed by atoms with van der Waals surface area (Å²) in [6.45, 7) is 6.41. The van der Waals surface area contributed by atoms with Gasteiger partial charge in [0.1, 0.15) is 0 Å². The first kappa shape index (κ1) is 14.7. The van der Waals surface area contributed by atoms with Crippen molar-refractivity contribution < 1.29 is 14.6 Å². The first-order chi connectivity index (χ1) is 8.52. The molecule has 100 valence electrons. The number of hydrogen-bond donors (Lipinski definition) is 1. The summed E-state index contributed by atoms with van der Waals surface area (Å²) in [6, 6.07) is 5.97. The Hall–Kier alpha value is -1.35. The van der Waals surface area contributed by atoms with Crippen molar-refractivity contribution in [3.63, 3.8) is 0 Å². The first-order valence-electron chi connectivity index (χ1n) is 6.44. The minimum Gasteiger partial charge on any atom is -0.466 e. The van der Waals surface area contributed by atoms with Crippen molar-refractivity contribution in [1.82, 2.24) is 0 Å². The van der Waals surface area contributed by atoms with Gasteiger partial charge in [0.15, 0.2) is 0 Å². The third-order valence-corrected chi connectivity index (χ3v) is 2.72. The maximum Gasteiger partial charge on any atom is 0.305 e. The van der Waals surface area contributed by atoms with Gasteiger partial charge in [0, 0.05) is 6.42 Å². The maximum atomic E-state index is 11.3. The molecule has 0 amide bonds. The van der Waals surface area contributed by atoms with E-state index in [2.05, 4.69) is 6.07 Å². The van der Waals surface area contributed by atoms with Crippen LogP contribution in [0.4, 0.5) is 0 Å². The van der Waals surface area contributed by atoms with Gasteiger partial charge in [-0.05, 0) is 32.3 Å². The van der Waals surface area contributed by atoms with Gasteiger partial charge < -0.3 is 9.84 Å². The van der Waals surface area contributed by atoms with Gasteiger partial charge in [0.25, 0.3) is 0 Å². The Labute approximate surface area is 109 Å². The molecule has 1 atom stereocenters. The van der Waals surface area contributed by atoms with Crippen LogP contribution >= 0.6 is 0 Å². The average Bonchev–Trinajstić information content (AvgIpc) is 2.32. The third-order valence-electron chi connectivity index (χ3n) is 2.72. The van der Waals surface area contributed by atoms with E-state index >= 15 is 0 Å². The van der Waals surface area contributed by atoms with Gasteiger partial charge >= 0.3 is 5.97 Å². The minimum absolute atomic E-state index is 0.236. The predicted octanol–water partition coefficient (Wildman–Crippen LogP) is 3.07. The lowest BCUT2D eigenvalue weighted by atomic mass is 10.0.